The number of hydrogen-bond acceptors (Lipinski definition) is 4. The molecule has 0 atom stereocenters. The third-order valence-electron chi connectivity index (χ3n) is 2.66. The summed E-state index contributed by atoms with van der Waals surface area (Å²) in [6.07, 6.45) is 3.90. The van der Waals surface area contributed by atoms with Crippen LogP contribution in [0.5, 0.6) is 0 Å². The zero-order chi connectivity index (χ0) is 13.1. The van der Waals surface area contributed by atoms with Gasteiger partial charge in [0, 0.05) is 31.9 Å². The fourth-order valence-electron chi connectivity index (χ4n) is 1.88. The van der Waals surface area contributed by atoms with Crippen LogP contribution in [0.3, 0.4) is 0 Å². The van der Waals surface area contributed by atoms with Gasteiger partial charge in [-0.25, -0.2) is 0 Å². The Morgan fingerprint density at radius 2 is 2.17 bits per heavy atom. The summed E-state index contributed by atoms with van der Waals surface area (Å²) in [6, 6.07) is 1.98. The van der Waals surface area contributed by atoms with E-state index in [9.17, 15) is 4.79 Å². The predicted octanol–water partition coefficient (Wildman–Crippen LogP) is 2.32. The second-order valence-electron chi connectivity index (χ2n) is 4.57. The van der Waals surface area contributed by atoms with Gasteiger partial charge in [0.25, 0.3) is 0 Å². The van der Waals surface area contributed by atoms with Crippen LogP contribution < -0.4 is 0 Å². The monoisotopic (exact) mass is 263 g/mol. The lowest BCUT2D eigenvalue weighted by atomic mass is 10.2. The van der Waals surface area contributed by atoms with Crippen LogP contribution in [0.15, 0.2) is 23.8 Å². The first-order chi connectivity index (χ1) is 8.54. The summed E-state index contributed by atoms with van der Waals surface area (Å²) in [5.74, 6) is 0.140. The lowest BCUT2D eigenvalue weighted by Crippen LogP contribution is -2.16. The smallest absolute Gasteiger partial charge is 0.169 e. The Bertz CT molecular complexity index is 544. The van der Waals surface area contributed by atoms with E-state index in [2.05, 4.69) is 22.4 Å². The summed E-state index contributed by atoms with van der Waals surface area (Å²) in [5, 5.41) is 6.20. The molecule has 0 unspecified atom stereocenters. The van der Waals surface area contributed by atoms with E-state index in [0.29, 0.717) is 0 Å². The zero-order valence-electron chi connectivity index (χ0n) is 10.9. The average molecular weight is 263 g/mol. The molecule has 2 rings (SSSR count). The number of aromatic nitrogens is 2. The lowest BCUT2D eigenvalue weighted by Gasteiger charge is -2.14. The van der Waals surface area contributed by atoms with E-state index >= 15 is 0 Å². The van der Waals surface area contributed by atoms with Gasteiger partial charge in [0.15, 0.2) is 5.78 Å². The molecule has 0 radical (unpaired) electrons. The van der Waals surface area contributed by atoms with Gasteiger partial charge in [-0.1, -0.05) is 0 Å². The molecule has 0 saturated heterocycles. The van der Waals surface area contributed by atoms with Gasteiger partial charge in [0.2, 0.25) is 0 Å². The summed E-state index contributed by atoms with van der Waals surface area (Å²) >= 11 is 1.52. The number of thiophene rings is 1. The molecule has 0 aromatic carbocycles. The van der Waals surface area contributed by atoms with Crippen LogP contribution in [0.25, 0.3) is 0 Å². The number of carbonyl (C=O) groups is 1. The first kappa shape index (κ1) is 13.0. The van der Waals surface area contributed by atoms with E-state index in [4.69, 9.17) is 0 Å². The van der Waals surface area contributed by atoms with E-state index in [1.165, 1.54) is 22.5 Å². The number of rotatable bonds is 5. The van der Waals surface area contributed by atoms with Crippen molar-refractivity contribution < 1.29 is 4.79 Å². The van der Waals surface area contributed by atoms with Crippen molar-refractivity contribution in [1.29, 1.82) is 0 Å². The number of nitrogens with zero attached hydrogens (tertiary/aromatic N) is 3. The van der Waals surface area contributed by atoms with Crippen molar-refractivity contribution in [1.82, 2.24) is 14.7 Å². The molecule has 0 N–H and O–H groups in total. The molecule has 0 aliphatic carbocycles. The minimum Gasteiger partial charge on any atom is -0.298 e. The summed E-state index contributed by atoms with van der Waals surface area (Å²) in [4.78, 5) is 14.3. The molecule has 96 valence electrons. The highest BCUT2D eigenvalue weighted by atomic mass is 32.1. The maximum atomic E-state index is 11.2. The molecule has 0 spiro atoms. The van der Waals surface area contributed by atoms with Gasteiger partial charge in [-0.3, -0.25) is 14.4 Å². The van der Waals surface area contributed by atoms with Crippen LogP contribution >= 0.6 is 11.3 Å². The Hall–Kier alpha value is -1.46. The topological polar surface area (TPSA) is 38.1 Å². The van der Waals surface area contributed by atoms with E-state index in [-0.39, 0.29) is 5.78 Å². The second kappa shape index (κ2) is 5.46. The van der Waals surface area contributed by atoms with Gasteiger partial charge in [0.05, 0.1) is 11.1 Å². The number of hydrogen-bond donors (Lipinski definition) is 0. The number of carbonyl (C=O) groups excluding carboxylic acids is 1. The fourth-order valence-corrected chi connectivity index (χ4v) is 2.68. The van der Waals surface area contributed by atoms with Crippen molar-refractivity contribution in [2.45, 2.75) is 20.0 Å². The molecule has 0 aliphatic heterocycles. The van der Waals surface area contributed by atoms with Crippen molar-refractivity contribution >= 4 is 17.1 Å². The molecule has 4 nitrogen and oxygen atoms in total. The summed E-state index contributed by atoms with van der Waals surface area (Å²) < 4.78 is 1.81. The third-order valence-corrected chi connectivity index (χ3v) is 3.74. The third kappa shape index (κ3) is 3.27. The van der Waals surface area contributed by atoms with Crippen LogP contribution in [0.2, 0.25) is 0 Å². The van der Waals surface area contributed by atoms with Crippen LogP contribution in [-0.2, 0) is 20.1 Å². The number of Topliss-reactive ketones (excluding diaryl/α,β-unsaturated/α-hetero) is 1. The van der Waals surface area contributed by atoms with Crippen LogP contribution in [-0.4, -0.2) is 27.5 Å². The highest BCUT2D eigenvalue weighted by Gasteiger charge is 2.07. The van der Waals surface area contributed by atoms with E-state index in [1.807, 2.05) is 30.2 Å². The Kier molecular flexibility index (Phi) is 3.93. The van der Waals surface area contributed by atoms with Gasteiger partial charge in [-0.2, -0.15) is 5.10 Å². The molecule has 0 bridgehead atoms. The highest BCUT2D eigenvalue weighted by molar-refractivity contribution is 7.12. The quantitative estimate of drug-likeness (QED) is 0.777. The van der Waals surface area contributed by atoms with Gasteiger partial charge >= 0.3 is 0 Å². The molecular weight excluding hydrogens is 246 g/mol. The van der Waals surface area contributed by atoms with Gasteiger partial charge in [0.1, 0.15) is 0 Å². The molecule has 0 amide bonds. The first-order valence-electron chi connectivity index (χ1n) is 5.79. The standard InChI is InChI=1S/C13H17N3OS/c1-10(17)13-4-11(9-18-13)6-15(2)7-12-5-14-16(3)8-12/h4-5,8-9H,6-7H2,1-3H3. The summed E-state index contributed by atoms with van der Waals surface area (Å²) in [7, 11) is 3.99. The van der Waals surface area contributed by atoms with Gasteiger partial charge in [-0.15, -0.1) is 11.3 Å². The Labute approximate surface area is 111 Å². The Balaban J connectivity index is 1.94. The van der Waals surface area contributed by atoms with Crippen molar-refractivity contribution in [2.24, 2.45) is 7.05 Å². The van der Waals surface area contributed by atoms with Gasteiger partial charge < -0.3 is 0 Å². The number of aryl methyl sites for hydroxylation is 1. The molecule has 2 aromatic rings. The molecule has 2 aromatic heterocycles. The van der Waals surface area contributed by atoms with Crippen molar-refractivity contribution in [3.63, 3.8) is 0 Å². The van der Waals surface area contributed by atoms with E-state index in [0.717, 1.165) is 18.0 Å². The molecule has 0 fully saturated rings. The van der Waals surface area contributed by atoms with Crippen molar-refractivity contribution in [3.05, 3.63) is 39.8 Å². The normalized spacial score (nSPS) is 11.1. The largest absolute Gasteiger partial charge is 0.298 e. The molecular formula is C13H17N3OS. The number of ketones is 1. The minimum absolute atomic E-state index is 0.140. The van der Waals surface area contributed by atoms with Gasteiger partial charge in [-0.05, 0) is 31.0 Å². The zero-order valence-corrected chi connectivity index (χ0v) is 11.7. The predicted molar refractivity (Wildman–Crippen MR) is 72.7 cm³/mol. The maximum Gasteiger partial charge on any atom is 0.169 e. The van der Waals surface area contributed by atoms with E-state index < -0.39 is 0 Å². The maximum absolute atomic E-state index is 11.2. The molecule has 2 heterocycles. The minimum atomic E-state index is 0.140. The van der Waals surface area contributed by atoms with E-state index in [1.54, 1.807) is 6.92 Å². The van der Waals surface area contributed by atoms with Crippen LogP contribution in [0.1, 0.15) is 27.7 Å². The first-order valence-corrected chi connectivity index (χ1v) is 6.67. The average Bonchev–Trinajstić information content (AvgIpc) is 2.88. The lowest BCUT2D eigenvalue weighted by molar-refractivity contribution is 0.102. The summed E-state index contributed by atoms with van der Waals surface area (Å²) in [5.41, 5.74) is 2.39. The van der Waals surface area contributed by atoms with Crippen LogP contribution in [0, 0.1) is 0 Å². The Morgan fingerprint density at radius 3 is 2.72 bits per heavy atom. The molecule has 0 aliphatic rings. The highest BCUT2D eigenvalue weighted by Crippen LogP contribution is 2.17. The molecule has 5 heteroatoms. The second-order valence-corrected chi connectivity index (χ2v) is 5.48. The molecule has 0 saturated carbocycles. The van der Waals surface area contributed by atoms with Crippen molar-refractivity contribution in [3.8, 4) is 0 Å². The summed E-state index contributed by atoms with van der Waals surface area (Å²) in [6.45, 7) is 3.31. The van der Waals surface area contributed by atoms with Crippen LogP contribution in [0.4, 0.5) is 0 Å². The molecule has 18 heavy (non-hydrogen) atoms. The Morgan fingerprint density at radius 1 is 1.44 bits per heavy atom. The fraction of sp³-hybridized carbons (Fsp3) is 0.385. The van der Waals surface area contributed by atoms with Crippen molar-refractivity contribution in [2.75, 3.05) is 7.05 Å². The SMILES string of the molecule is CC(=O)c1cc(CN(C)Cc2cnn(C)c2)cs1.